The molecule has 1 aromatic heterocycles. The molecule has 0 aliphatic heterocycles. The first-order chi connectivity index (χ1) is 7.65. The van der Waals surface area contributed by atoms with Crippen LogP contribution in [0.2, 0.25) is 0 Å². The number of nitrogens with two attached hydrogens (primary N) is 1. The minimum atomic E-state index is -0.514. The summed E-state index contributed by atoms with van der Waals surface area (Å²) in [5.74, 6) is -0.147. The van der Waals surface area contributed by atoms with Crippen LogP contribution < -0.4 is 10.6 Å². The van der Waals surface area contributed by atoms with Crippen LogP contribution in [0.4, 0.5) is 11.5 Å². The third-order valence-corrected chi connectivity index (χ3v) is 1.82. The Morgan fingerprint density at radius 1 is 1.56 bits per heavy atom. The predicted octanol–water partition coefficient (Wildman–Crippen LogP) is 1.41. The molecule has 6 nitrogen and oxygen atoms in total. The molecule has 0 spiro atoms. The van der Waals surface area contributed by atoms with E-state index in [9.17, 15) is 10.1 Å². The van der Waals surface area contributed by atoms with E-state index in [0.717, 1.165) is 5.69 Å². The molecule has 6 heteroatoms. The van der Waals surface area contributed by atoms with Crippen molar-refractivity contribution in [2.24, 2.45) is 5.73 Å². The zero-order valence-corrected chi connectivity index (χ0v) is 9.88. The van der Waals surface area contributed by atoms with Gasteiger partial charge in [-0.2, -0.15) is 0 Å². The van der Waals surface area contributed by atoms with Crippen LogP contribution in [-0.2, 0) is 0 Å². The molecule has 1 rings (SSSR count). The molecule has 1 aromatic rings. The van der Waals surface area contributed by atoms with Crippen LogP contribution in [0, 0.1) is 10.1 Å². The second-order valence-corrected chi connectivity index (χ2v) is 2.84. The van der Waals surface area contributed by atoms with Crippen LogP contribution in [0.1, 0.15) is 13.8 Å². The van der Waals surface area contributed by atoms with E-state index < -0.39 is 4.92 Å². The standard InChI is InChI=1S/C8H12N4O2.C2H6/c1-11(5-3-9)7-2-4-10-8(6-7)12(13)14;1-2/h2,4,6H,3,5,9H2,1H3;1-2H3. The van der Waals surface area contributed by atoms with Crippen molar-refractivity contribution in [1.29, 1.82) is 0 Å². The van der Waals surface area contributed by atoms with Gasteiger partial charge in [-0.1, -0.05) is 13.8 Å². The summed E-state index contributed by atoms with van der Waals surface area (Å²) in [6, 6.07) is 3.14. The van der Waals surface area contributed by atoms with Gasteiger partial charge in [0, 0.05) is 31.9 Å². The molecule has 0 aliphatic carbocycles. The van der Waals surface area contributed by atoms with Crippen LogP contribution in [0.5, 0.6) is 0 Å². The maximum absolute atomic E-state index is 10.4. The number of nitro groups is 1. The smallest absolute Gasteiger partial charge is 0.365 e. The summed E-state index contributed by atoms with van der Waals surface area (Å²) >= 11 is 0. The Kier molecular flexibility index (Phi) is 6.78. The van der Waals surface area contributed by atoms with Crippen LogP contribution in [0.3, 0.4) is 0 Å². The fourth-order valence-electron chi connectivity index (χ4n) is 1.07. The largest absolute Gasteiger partial charge is 0.373 e. The maximum Gasteiger partial charge on any atom is 0.365 e. The highest BCUT2D eigenvalue weighted by Crippen LogP contribution is 2.16. The van der Waals surface area contributed by atoms with Gasteiger partial charge in [-0.15, -0.1) is 0 Å². The number of pyridine rings is 1. The first kappa shape index (κ1) is 14.3. The third kappa shape index (κ3) is 4.22. The monoisotopic (exact) mass is 226 g/mol. The van der Waals surface area contributed by atoms with Crippen LogP contribution in [0.15, 0.2) is 18.3 Å². The van der Waals surface area contributed by atoms with Crippen molar-refractivity contribution in [1.82, 2.24) is 4.98 Å². The van der Waals surface area contributed by atoms with Crippen molar-refractivity contribution in [3.8, 4) is 0 Å². The Labute approximate surface area is 95.2 Å². The quantitative estimate of drug-likeness (QED) is 0.619. The summed E-state index contributed by atoms with van der Waals surface area (Å²) < 4.78 is 0. The number of anilines is 1. The van der Waals surface area contributed by atoms with Gasteiger partial charge < -0.3 is 20.7 Å². The summed E-state index contributed by atoms with van der Waals surface area (Å²) in [4.78, 5) is 15.4. The van der Waals surface area contributed by atoms with Gasteiger partial charge in [0.25, 0.3) is 0 Å². The van der Waals surface area contributed by atoms with E-state index in [-0.39, 0.29) is 5.82 Å². The molecule has 90 valence electrons. The number of rotatable bonds is 4. The van der Waals surface area contributed by atoms with E-state index in [4.69, 9.17) is 5.73 Å². The van der Waals surface area contributed by atoms with Crippen LogP contribution in [-0.4, -0.2) is 30.0 Å². The van der Waals surface area contributed by atoms with Gasteiger partial charge in [-0.3, -0.25) is 0 Å². The number of hydrogen-bond acceptors (Lipinski definition) is 5. The fraction of sp³-hybridized carbons (Fsp3) is 0.500. The average Bonchev–Trinajstić information content (AvgIpc) is 2.32. The molecule has 0 aliphatic rings. The molecule has 0 unspecified atom stereocenters. The lowest BCUT2D eigenvalue weighted by molar-refractivity contribution is -0.389. The second-order valence-electron chi connectivity index (χ2n) is 2.84. The highest BCUT2D eigenvalue weighted by molar-refractivity contribution is 5.49. The first-order valence-corrected chi connectivity index (χ1v) is 5.17. The lowest BCUT2D eigenvalue weighted by Crippen LogP contribution is -2.24. The second kappa shape index (κ2) is 7.58. The first-order valence-electron chi connectivity index (χ1n) is 5.17. The maximum atomic E-state index is 10.4. The molecule has 0 saturated carbocycles. The van der Waals surface area contributed by atoms with E-state index >= 15 is 0 Å². The van der Waals surface area contributed by atoms with Gasteiger partial charge in [-0.05, 0) is 9.91 Å². The Morgan fingerprint density at radius 2 is 2.19 bits per heavy atom. The number of nitrogens with zero attached hydrogens (tertiary/aromatic N) is 3. The Hall–Kier alpha value is -1.69. The minimum Gasteiger partial charge on any atom is -0.373 e. The molecule has 0 saturated heterocycles. The lowest BCUT2D eigenvalue weighted by atomic mass is 10.3. The Morgan fingerprint density at radius 3 is 2.69 bits per heavy atom. The Balaban J connectivity index is 0.00000106. The fourth-order valence-corrected chi connectivity index (χ4v) is 1.07. The van der Waals surface area contributed by atoms with E-state index in [1.54, 1.807) is 6.07 Å². The summed E-state index contributed by atoms with van der Waals surface area (Å²) in [7, 11) is 1.83. The van der Waals surface area contributed by atoms with E-state index in [2.05, 4.69) is 4.98 Å². The van der Waals surface area contributed by atoms with Crippen molar-refractivity contribution in [3.63, 3.8) is 0 Å². The molecule has 0 fully saturated rings. The van der Waals surface area contributed by atoms with Crippen molar-refractivity contribution >= 4 is 11.5 Å². The summed E-state index contributed by atoms with van der Waals surface area (Å²) in [6.07, 6.45) is 1.42. The van der Waals surface area contributed by atoms with Gasteiger partial charge in [0.05, 0.1) is 6.07 Å². The van der Waals surface area contributed by atoms with Gasteiger partial charge in [0.1, 0.15) is 6.20 Å². The third-order valence-electron chi connectivity index (χ3n) is 1.82. The summed E-state index contributed by atoms with van der Waals surface area (Å²) in [6.45, 7) is 5.16. The molecule has 0 bridgehead atoms. The minimum absolute atomic E-state index is 0.147. The average molecular weight is 226 g/mol. The number of likely N-dealkylation sites (N-methyl/N-ethyl adjacent to an activating group) is 1. The van der Waals surface area contributed by atoms with Gasteiger partial charge in [-0.25, -0.2) is 0 Å². The highest BCUT2D eigenvalue weighted by atomic mass is 16.6. The normalized spacial score (nSPS) is 9.00. The van der Waals surface area contributed by atoms with Crippen molar-refractivity contribution < 1.29 is 4.92 Å². The van der Waals surface area contributed by atoms with Crippen LogP contribution >= 0.6 is 0 Å². The molecule has 1 heterocycles. The molecule has 0 radical (unpaired) electrons. The van der Waals surface area contributed by atoms with E-state index in [0.29, 0.717) is 13.1 Å². The van der Waals surface area contributed by atoms with Crippen molar-refractivity contribution in [2.45, 2.75) is 13.8 Å². The molecular formula is C10H18N4O2. The van der Waals surface area contributed by atoms with E-state index in [1.165, 1.54) is 12.3 Å². The Bertz CT molecular complexity index is 330. The molecular weight excluding hydrogens is 208 g/mol. The van der Waals surface area contributed by atoms with Gasteiger partial charge in [0.15, 0.2) is 0 Å². The molecule has 0 aromatic carbocycles. The topological polar surface area (TPSA) is 85.3 Å². The number of aromatic nitrogens is 1. The van der Waals surface area contributed by atoms with Crippen molar-refractivity contribution in [2.75, 3.05) is 25.0 Å². The lowest BCUT2D eigenvalue weighted by Gasteiger charge is -2.16. The highest BCUT2D eigenvalue weighted by Gasteiger charge is 2.09. The molecule has 0 atom stereocenters. The van der Waals surface area contributed by atoms with Crippen molar-refractivity contribution in [3.05, 3.63) is 28.4 Å². The zero-order chi connectivity index (χ0) is 12.6. The van der Waals surface area contributed by atoms with Gasteiger partial charge >= 0.3 is 5.82 Å². The van der Waals surface area contributed by atoms with E-state index in [1.807, 2.05) is 25.8 Å². The molecule has 0 amide bonds. The summed E-state index contributed by atoms with van der Waals surface area (Å²) in [5, 5.41) is 10.4. The zero-order valence-electron chi connectivity index (χ0n) is 9.88. The summed E-state index contributed by atoms with van der Waals surface area (Å²) in [5.41, 5.74) is 6.12. The number of hydrogen-bond donors (Lipinski definition) is 1. The van der Waals surface area contributed by atoms with Gasteiger partial charge in [0.2, 0.25) is 0 Å². The predicted molar refractivity (Wildman–Crippen MR) is 64.6 cm³/mol. The molecule has 2 N–H and O–H groups in total. The van der Waals surface area contributed by atoms with Crippen LogP contribution in [0.25, 0.3) is 0 Å². The SMILES string of the molecule is CC.CN(CCN)c1ccnc([N+](=O)[O-])c1. The molecule has 16 heavy (non-hydrogen) atoms.